The third-order valence-corrected chi connectivity index (χ3v) is 4.14. The number of rotatable bonds is 4. The zero-order valence-corrected chi connectivity index (χ0v) is 13.6. The summed E-state index contributed by atoms with van der Waals surface area (Å²) in [6, 6.07) is 3.88. The molecule has 0 atom stereocenters. The van der Waals surface area contributed by atoms with E-state index in [2.05, 4.69) is 9.71 Å². The number of hydrogen-bond donors (Lipinski definition) is 4. The Labute approximate surface area is 132 Å². The van der Waals surface area contributed by atoms with Crippen LogP contribution in [0.4, 0.5) is 0 Å². The lowest BCUT2D eigenvalue weighted by molar-refractivity contribution is 0.498. The van der Waals surface area contributed by atoms with Crippen molar-refractivity contribution in [2.45, 2.75) is 24.3 Å². The van der Waals surface area contributed by atoms with Crippen LogP contribution in [0.3, 0.4) is 0 Å². The Morgan fingerprint density at radius 1 is 1.23 bits per heavy atom. The fourth-order valence-electron chi connectivity index (χ4n) is 1.68. The Hall–Kier alpha value is -1.68. The van der Waals surface area contributed by atoms with Crippen LogP contribution in [0.1, 0.15) is 13.8 Å². The van der Waals surface area contributed by atoms with E-state index in [1.807, 2.05) is 4.98 Å². The SMILES string of the molecule is CC(C)(N)CNS(=O)(=O)c1ccc2[nH]c(=O)[nH]c(=O)c2c1.Cl. The van der Waals surface area contributed by atoms with Crippen molar-refractivity contribution < 1.29 is 8.42 Å². The van der Waals surface area contributed by atoms with Crippen molar-refractivity contribution in [1.29, 1.82) is 0 Å². The van der Waals surface area contributed by atoms with Crippen molar-refractivity contribution in [1.82, 2.24) is 14.7 Å². The average Bonchev–Trinajstić information content (AvgIpc) is 2.35. The first kappa shape index (κ1) is 18.4. The molecule has 1 aromatic carbocycles. The Balaban J connectivity index is 0.00000242. The fraction of sp³-hybridized carbons (Fsp3) is 0.333. The zero-order valence-electron chi connectivity index (χ0n) is 12.0. The van der Waals surface area contributed by atoms with E-state index in [4.69, 9.17) is 5.73 Å². The second kappa shape index (κ2) is 6.21. The van der Waals surface area contributed by atoms with Crippen molar-refractivity contribution in [3.05, 3.63) is 39.0 Å². The van der Waals surface area contributed by atoms with E-state index in [1.54, 1.807) is 13.8 Å². The summed E-state index contributed by atoms with van der Waals surface area (Å²) in [6.45, 7) is 3.42. The molecule has 1 aromatic heterocycles. The van der Waals surface area contributed by atoms with Gasteiger partial charge in [-0.25, -0.2) is 17.9 Å². The van der Waals surface area contributed by atoms with Crippen LogP contribution >= 0.6 is 12.4 Å². The molecule has 2 aromatic rings. The predicted molar refractivity (Wildman–Crippen MR) is 85.9 cm³/mol. The second-order valence-corrected chi connectivity index (χ2v) is 7.20. The van der Waals surface area contributed by atoms with Crippen LogP contribution < -0.4 is 21.7 Å². The number of aromatic amines is 2. The molecule has 0 saturated heterocycles. The van der Waals surface area contributed by atoms with Gasteiger partial charge in [0.15, 0.2) is 0 Å². The molecule has 2 rings (SSSR count). The number of halogens is 1. The van der Waals surface area contributed by atoms with E-state index in [9.17, 15) is 18.0 Å². The van der Waals surface area contributed by atoms with Crippen LogP contribution in [0.25, 0.3) is 10.9 Å². The highest BCUT2D eigenvalue weighted by atomic mass is 35.5. The van der Waals surface area contributed by atoms with Gasteiger partial charge in [0.2, 0.25) is 10.0 Å². The molecule has 8 nitrogen and oxygen atoms in total. The maximum Gasteiger partial charge on any atom is 0.326 e. The maximum absolute atomic E-state index is 12.1. The first-order valence-corrected chi connectivity index (χ1v) is 7.62. The molecule has 122 valence electrons. The molecule has 22 heavy (non-hydrogen) atoms. The summed E-state index contributed by atoms with van der Waals surface area (Å²) in [5, 5.41) is 0.0875. The van der Waals surface area contributed by atoms with E-state index < -0.39 is 26.8 Å². The van der Waals surface area contributed by atoms with Crippen molar-refractivity contribution >= 4 is 33.3 Å². The summed E-state index contributed by atoms with van der Waals surface area (Å²) in [6.07, 6.45) is 0. The minimum Gasteiger partial charge on any atom is -0.324 e. The normalized spacial score (nSPS) is 12.1. The van der Waals surface area contributed by atoms with E-state index in [-0.39, 0.29) is 34.8 Å². The van der Waals surface area contributed by atoms with Gasteiger partial charge >= 0.3 is 5.69 Å². The Morgan fingerprint density at radius 2 is 1.86 bits per heavy atom. The summed E-state index contributed by atoms with van der Waals surface area (Å²) < 4.78 is 26.7. The van der Waals surface area contributed by atoms with Gasteiger partial charge < -0.3 is 10.7 Å². The van der Waals surface area contributed by atoms with E-state index in [0.29, 0.717) is 0 Å². The molecular weight excluding hydrogens is 332 g/mol. The van der Waals surface area contributed by atoms with Gasteiger partial charge in [-0.3, -0.25) is 9.78 Å². The van der Waals surface area contributed by atoms with Crippen molar-refractivity contribution in [3.8, 4) is 0 Å². The molecule has 0 spiro atoms. The van der Waals surface area contributed by atoms with Crippen LogP contribution in [0.15, 0.2) is 32.7 Å². The number of hydrogen-bond acceptors (Lipinski definition) is 5. The summed E-state index contributed by atoms with van der Waals surface area (Å²) in [5.41, 5.74) is 4.00. The number of sulfonamides is 1. The van der Waals surface area contributed by atoms with Gasteiger partial charge in [-0.2, -0.15) is 0 Å². The van der Waals surface area contributed by atoms with Gasteiger partial charge in [0.1, 0.15) is 0 Å². The molecule has 0 aliphatic carbocycles. The Bertz CT molecular complexity index is 896. The van der Waals surface area contributed by atoms with Crippen LogP contribution in [0, 0.1) is 0 Å². The highest BCUT2D eigenvalue weighted by Crippen LogP contribution is 2.14. The monoisotopic (exact) mass is 348 g/mol. The maximum atomic E-state index is 12.1. The van der Waals surface area contributed by atoms with Crippen molar-refractivity contribution in [2.24, 2.45) is 5.73 Å². The van der Waals surface area contributed by atoms with Gasteiger partial charge in [-0.15, -0.1) is 12.4 Å². The number of benzene rings is 1. The summed E-state index contributed by atoms with van der Waals surface area (Å²) >= 11 is 0. The number of fused-ring (bicyclic) bond motifs is 1. The smallest absolute Gasteiger partial charge is 0.324 e. The van der Waals surface area contributed by atoms with Gasteiger partial charge in [0, 0.05) is 12.1 Å². The molecule has 0 aliphatic heterocycles. The van der Waals surface area contributed by atoms with Crippen molar-refractivity contribution in [2.75, 3.05) is 6.54 Å². The molecular formula is C12H17ClN4O4S. The number of H-pyrrole nitrogens is 2. The molecule has 10 heteroatoms. The second-order valence-electron chi connectivity index (χ2n) is 5.43. The molecule has 0 radical (unpaired) electrons. The highest BCUT2D eigenvalue weighted by molar-refractivity contribution is 7.89. The lowest BCUT2D eigenvalue weighted by Gasteiger charge is -2.19. The molecule has 0 unspecified atom stereocenters. The number of nitrogens with one attached hydrogen (secondary N) is 3. The third kappa shape index (κ3) is 4.17. The minimum absolute atomic E-state index is 0. The van der Waals surface area contributed by atoms with Crippen LogP contribution in [-0.4, -0.2) is 30.5 Å². The van der Waals surface area contributed by atoms with E-state index in [1.165, 1.54) is 18.2 Å². The van der Waals surface area contributed by atoms with Gasteiger partial charge in [0.25, 0.3) is 5.56 Å². The molecule has 0 saturated carbocycles. The minimum atomic E-state index is -3.79. The summed E-state index contributed by atoms with van der Waals surface area (Å²) in [7, 11) is -3.79. The molecule has 0 fully saturated rings. The third-order valence-electron chi connectivity index (χ3n) is 2.74. The molecule has 0 amide bonds. The lowest BCUT2D eigenvalue weighted by atomic mass is 10.1. The Kier molecular flexibility index (Phi) is 5.18. The van der Waals surface area contributed by atoms with Crippen molar-refractivity contribution in [3.63, 3.8) is 0 Å². The average molecular weight is 349 g/mol. The standard InChI is InChI=1S/C12H16N4O4S.ClH/c1-12(2,13)6-14-21(19,20)7-3-4-9-8(5-7)10(17)16-11(18)15-9;/h3-5,14H,6,13H2,1-2H3,(H2,15,16,17,18);1H. The van der Waals surface area contributed by atoms with Crippen LogP contribution in [-0.2, 0) is 10.0 Å². The molecule has 0 bridgehead atoms. The van der Waals surface area contributed by atoms with E-state index >= 15 is 0 Å². The van der Waals surface area contributed by atoms with Gasteiger partial charge in [-0.05, 0) is 32.0 Å². The topological polar surface area (TPSA) is 138 Å². The van der Waals surface area contributed by atoms with Gasteiger partial charge in [-0.1, -0.05) is 0 Å². The zero-order chi connectivity index (χ0) is 15.8. The van der Waals surface area contributed by atoms with E-state index in [0.717, 1.165) is 0 Å². The number of aromatic nitrogens is 2. The molecule has 1 heterocycles. The largest absolute Gasteiger partial charge is 0.326 e. The Morgan fingerprint density at radius 3 is 2.45 bits per heavy atom. The quantitative estimate of drug-likeness (QED) is 0.598. The summed E-state index contributed by atoms with van der Waals surface area (Å²) in [4.78, 5) is 27.2. The molecule has 5 N–H and O–H groups in total. The van der Waals surface area contributed by atoms with Crippen LogP contribution in [0.2, 0.25) is 0 Å². The first-order valence-electron chi connectivity index (χ1n) is 6.13. The van der Waals surface area contributed by atoms with Crippen LogP contribution in [0.5, 0.6) is 0 Å². The predicted octanol–water partition coefficient (Wildman–Crippen LogP) is -0.346. The number of nitrogens with two attached hydrogens (primary N) is 1. The molecule has 0 aliphatic rings. The first-order chi connectivity index (χ1) is 9.58. The lowest BCUT2D eigenvalue weighted by Crippen LogP contribution is -2.45. The van der Waals surface area contributed by atoms with Gasteiger partial charge in [0.05, 0.1) is 15.8 Å². The summed E-state index contributed by atoms with van der Waals surface area (Å²) in [5.74, 6) is 0. The highest BCUT2D eigenvalue weighted by Gasteiger charge is 2.19. The fourth-order valence-corrected chi connectivity index (χ4v) is 2.92.